The Labute approximate surface area is 123 Å². The molecule has 4 heteroatoms. The molecule has 21 heavy (non-hydrogen) atoms. The highest BCUT2D eigenvalue weighted by Gasteiger charge is 2.10. The van der Waals surface area contributed by atoms with Crippen molar-refractivity contribution in [3.8, 4) is 5.69 Å². The molecule has 2 aromatic carbocycles. The molecule has 4 nitrogen and oxygen atoms in total. The maximum atomic E-state index is 12.2. The number of carbonyl (C=O) groups is 1. The van der Waals surface area contributed by atoms with Gasteiger partial charge in [0.15, 0.2) is 0 Å². The summed E-state index contributed by atoms with van der Waals surface area (Å²) in [5.74, 6) is 0.424. The molecule has 0 unspecified atom stereocenters. The van der Waals surface area contributed by atoms with Gasteiger partial charge in [0, 0.05) is 11.6 Å². The average Bonchev–Trinajstić information content (AvgIpc) is 2.97. The number of amides is 1. The van der Waals surface area contributed by atoms with Gasteiger partial charge in [-0.15, -0.1) is 0 Å². The van der Waals surface area contributed by atoms with Gasteiger partial charge in [-0.2, -0.15) is 5.10 Å². The van der Waals surface area contributed by atoms with E-state index in [1.54, 1.807) is 22.9 Å². The number of rotatable bonds is 3. The Kier molecular flexibility index (Phi) is 3.51. The number of hydrogen-bond donors (Lipinski definition) is 1. The lowest BCUT2D eigenvalue weighted by atomic mass is 10.1. The third-order valence-electron chi connectivity index (χ3n) is 3.14. The van der Waals surface area contributed by atoms with E-state index in [1.807, 2.05) is 49.4 Å². The zero-order valence-electron chi connectivity index (χ0n) is 11.6. The first-order valence-corrected chi connectivity index (χ1v) is 6.63. The van der Waals surface area contributed by atoms with Gasteiger partial charge in [0.25, 0.3) is 5.91 Å². The summed E-state index contributed by atoms with van der Waals surface area (Å²) >= 11 is 0. The monoisotopic (exact) mass is 276 g/mol. The largest absolute Gasteiger partial charge is 0.306 e. The number of hydrogen-bond acceptors (Lipinski definition) is 2. The van der Waals surface area contributed by atoms with Crippen LogP contribution < -0.4 is 5.32 Å². The van der Waals surface area contributed by atoms with Crippen molar-refractivity contribution in [3.63, 3.8) is 0 Å². The van der Waals surface area contributed by atoms with Gasteiger partial charge in [-0.3, -0.25) is 4.79 Å². The summed E-state index contributed by atoms with van der Waals surface area (Å²) in [6.07, 6.45) is 2.76. The van der Waals surface area contributed by atoms with Crippen LogP contribution in [0.3, 0.4) is 0 Å². The molecule has 0 aliphatic rings. The minimum atomic E-state index is -0.166. The lowest BCUT2D eigenvalue weighted by Gasteiger charge is -2.09. The van der Waals surface area contributed by atoms with Crippen molar-refractivity contribution in [1.29, 1.82) is 0 Å². The Hall–Kier alpha value is -2.88. The lowest BCUT2D eigenvalue weighted by Crippen LogP contribution is -2.15. The summed E-state index contributed by atoms with van der Waals surface area (Å²) in [6, 6.07) is 18.7. The van der Waals surface area contributed by atoms with Crippen LogP contribution in [0.4, 0.5) is 5.82 Å². The standard InChI is InChI=1S/C17H14N3O/c1-13-7-9-14(10-8-13)17(21)19-16-11-12-18-20(16)15-5-3-2-4-6-15/h2-11H,1H3,(H,19,21). The first kappa shape index (κ1) is 13.1. The summed E-state index contributed by atoms with van der Waals surface area (Å²) in [4.78, 5) is 12.2. The number of benzene rings is 2. The third-order valence-corrected chi connectivity index (χ3v) is 3.14. The predicted molar refractivity (Wildman–Crippen MR) is 81.5 cm³/mol. The molecule has 3 rings (SSSR count). The van der Waals surface area contributed by atoms with Crippen LogP contribution in [0, 0.1) is 13.1 Å². The normalized spacial score (nSPS) is 10.3. The van der Waals surface area contributed by atoms with Crippen LogP contribution in [0.1, 0.15) is 15.9 Å². The molecule has 0 aliphatic heterocycles. The maximum Gasteiger partial charge on any atom is 0.256 e. The van der Waals surface area contributed by atoms with E-state index in [9.17, 15) is 4.79 Å². The van der Waals surface area contributed by atoms with Crippen molar-refractivity contribution in [3.05, 3.63) is 78.0 Å². The Morgan fingerprint density at radius 1 is 1.10 bits per heavy atom. The van der Waals surface area contributed by atoms with Crippen molar-refractivity contribution < 1.29 is 4.79 Å². The zero-order chi connectivity index (χ0) is 14.7. The van der Waals surface area contributed by atoms with Crippen molar-refractivity contribution in [1.82, 2.24) is 9.78 Å². The minimum Gasteiger partial charge on any atom is -0.306 e. The fraction of sp³-hybridized carbons (Fsp3) is 0.0588. The van der Waals surface area contributed by atoms with Gasteiger partial charge in [0.1, 0.15) is 12.0 Å². The van der Waals surface area contributed by atoms with E-state index in [2.05, 4.69) is 16.6 Å². The summed E-state index contributed by atoms with van der Waals surface area (Å²) < 4.78 is 1.64. The third kappa shape index (κ3) is 2.84. The highest BCUT2D eigenvalue weighted by atomic mass is 16.1. The van der Waals surface area contributed by atoms with Gasteiger partial charge in [0.2, 0.25) is 0 Å². The Bertz CT molecular complexity index is 745. The Morgan fingerprint density at radius 3 is 2.52 bits per heavy atom. The summed E-state index contributed by atoms with van der Waals surface area (Å²) in [5.41, 5.74) is 2.61. The van der Waals surface area contributed by atoms with Crippen LogP contribution in [0.25, 0.3) is 5.69 Å². The van der Waals surface area contributed by atoms with E-state index in [0.717, 1.165) is 11.3 Å². The number of para-hydroxylation sites is 1. The SMILES string of the molecule is Cc1ccc(C(=O)Nc2c[c]nn2-c2ccccc2)cc1. The van der Waals surface area contributed by atoms with Crippen LogP contribution in [0.15, 0.2) is 60.7 Å². The maximum absolute atomic E-state index is 12.2. The molecule has 3 aromatic rings. The molecule has 1 N–H and O–H groups in total. The molecule has 0 bridgehead atoms. The minimum absolute atomic E-state index is 0.166. The van der Waals surface area contributed by atoms with Gasteiger partial charge in [-0.25, -0.2) is 4.68 Å². The molecular weight excluding hydrogens is 262 g/mol. The first-order chi connectivity index (χ1) is 10.2. The second kappa shape index (κ2) is 5.63. The fourth-order valence-corrected chi connectivity index (χ4v) is 2.01. The first-order valence-electron chi connectivity index (χ1n) is 6.63. The van der Waals surface area contributed by atoms with Gasteiger partial charge in [-0.05, 0) is 31.2 Å². The summed E-state index contributed by atoms with van der Waals surface area (Å²) in [6.45, 7) is 1.99. The molecule has 1 amide bonds. The van der Waals surface area contributed by atoms with Gasteiger partial charge >= 0.3 is 0 Å². The molecule has 0 atom stereocenters. The highest BCUT2D eigenvalue weighted by molar-refractivity contribution is 6.03. The second-order valence-electron chi connectivity index (χ2n) is 4.73. The quantitative estimate of drug-likeness (QED) is 0.798. The van der Waals surface area contributed by atoms with E-state index in [1.165, 1.54) is 0 Å². The number of nitrogens with one attached hydrogen (secondary N) is 1. The van der Waals surface area contributed by atoms with E-state index < -0.39 is 0 Å². The number of carbonyl (C=O) groups excluding carboxylic acids is 1. The van der Waals surface area contributed by atoms with Gasteiger partial charge in [-0.1, -0.05) is 35.9 Å². The molecule has 1 aromatic heterocycles. The van der Waals surface area contributed by atoms with E-state index in [4.69, 9.17) is 0 Å². The average molecular weight is 276 g/mol. The molecule has 1 heterocycles. The number of aryl methyl sites for hydroxylation is 1. The molecule has 0 saturated carbocycles. The van der Waals surface area contributed by atoms with Crippen LogP contribution in [-0.4, -0.2) is 15.7 Å². The Morgan fingerprint density at radius 2 is 1.81 bits per heavy atom. The van der Waals surface area contributed by atoms with Crippen LogP contribution in [0.2, 0.25) is 0 Å². The van der Waals surface area contributed by atoms with Crippen LogP contribution >= 0.6 is 0 Å². The van der Waals surface area contributed by atoms with Gasteiger partial charge in [0.05, 0.1) is 5.69 Å². The molecule has 0 aliphatic carbocycles. The summed E-state index contributed by atoms with van der Waals surface area (Å²) in [5, 5.41) is 6.98. The molecule has 0 fully saturated rings. The fourth-order valence-electron chi connectivity index (χ4n) is 2.01. The second-order valence-corrected chi connectivity index (χ2v) is 4.73. The van der Waals surface area contributed by atoms with Crippen molar-refractivity contribution in [2.45, 2.75) is 6.92 Å². The zero-order valence-corrected chi connectivity index (χ0v) is 11.6. The number of nitrogens with zero attached hydrogens (tertiary/aromatic N) is 2. The van der Waals surface area contributed by atoms with Crippen LogP contribution in [0.5, 0.6) is 0 Å². The molecule has 1 radical (unpaired) electrons. The van der Waals surface area contributed by atoms with Crippen molar-refractivity contribution in [2.75, 3.05) is 5.32 Å². The highest BCUT2D eigenvalue weighted by Crippen LogP contribution is 2.15. The van der Waals surface area contributed by atoms with Crippen LogP contribution in [-0.2, 0) is 0 Å². The topological polar surface area (TPSA) is 46.9 Å². The molecule has 103 valence electrons. The molecular formula is C17H14N3O. The number of anilines is 1. The molecule has 0 spiro atoms. The van der Waals surface area contributed by atoms with E-state index in [-0.39, 0.29) is 5.91 Å². The van der Waals surface area contributed by atoms with E-state index >= 15 is 0 Å². The van der Waals surface area contributed by atoms with Gasteiger partial charge < -0.3 is 5.32 Å². The lowest BCUT2D eigenvalue weighted by molar-refractivity contribution is 0.102. The van der Waals surface area contributed by atoms with E-state index in [0.29, 0.717) is 11.4 Å². The van der Waals surface area contributed by atoms with Crippen molar-refractivity contribution in [2.24, 2.45) is 0 Å². The molecule has 0 saturated heterocycles. The van der Waals surface area contributed by atoms with Crippen molar-refractivity contribution >= 4 is 11.7 Å². The Balaban J connectivity index is 1.85. The smallest absolute Gasteiger partial charge is 0.256 e. The summed E-state index contributed by atoms with van der Waals surface area (Å²) in [7, 11) is 0. The number of aromatic nitrogens is 2. The predicted octanol–water partition coefficient (Wildman–Crippen LogP) is 3.23.